The molecule has 2 N–H and O–H groups in total. The van der Waals surface area contributed by atoms with Gasteiger partial charge >= 0.3 is 0 Å². The van der Waals surface area contributed by atoms with E-state index in [1.165, 1.54) is 0 Å². The SMILES string of the molecule is CC.CC1(C)O[C@@H]2C[C@H]3[C@@H]4C[C@H](F)C5=CC=CC[C@]5(C)[C@H]4[C@@H](O)C[C@]3(C)[C@]2(C(=O)CO)O1. The van der Waals surface area contributed by atoms with E-state index in [0.717, 1.165) is 5.57 Å². The normalized spacial score (nSPS) is 50.2. The van der Waals surface area contributed by atoms with Gasteiger partial charge in [-0.1, -0.05) is 45.9 Å². The van der Waals surface area contributed by atoms with Gasteiger partial charge in [0.2, 0.25) is 0 Å². The highest BCUT2D eigenvalue weighted by Crippen LogP contribution is 2.70. The van der Waals surface area contributed by atoms with Gasteiger partial charge in [0.05, 0.1) is 12.2 Å². The third-order valence-electron chi connectivity index (χ3n) is 9.17. The molecule has 5 nitrogen and oxygen atoms in total. The number of carbonyl (C=O) groups excluding carboxylic acids is 1. The van der Waals surface area contributed by atoms with Crippen molar-refractivity contribution in [3.63, 3.8) is 0 Å². The molecule has 0 unspecified atom stereocenters. The number of hydrogen-bond donors (Lipinski definition) is 2. The van der Waals surface area contributed by atoms with Crippen molar-refractivity contribution in [3.05, 3.63) is 23.8 Å². The highest BCUT2D eigenvalue weighted by molar-refractivity contribution is 5.91. The van der Waals surface area contributed by atoms with Gasteiger partial charge in [-0.15, -0.1) is 0 Å². The standard InChI is InChI=1S/C24H33FO5.C2H6/c1-21(2)29-19-10-15-13-9-16(25)14-7-5-6-8-22(14,3)20(13)17(27)11-23(15,4)24(19,30-21)18(28)12-26;1-2/h5-7,13,15-17,19-20,26-27H,8-12H2,1-4H3;1-2H3/t13-,15-,16-,17-,19+,20+,22-,23-,24+;/m0./s1. The lowest BCUT2D eigenvalue weighted by molar-refractivity contribution is -0.228. The Morgan fingerprint density at radius 3 is 2.56 bits per heavy atom. The Hall–Kier alpha value is -1.08. The highest BCUT2D eigenvalue weighted by Gasteiger charge is 2.77. The van der Waals surface area contributed by atoms with E-state index >= 15 is 4.39 Å². The van der Waals surface area contributed by atoms with Crippen LogP contribution in [0.25, 0.3) is 0 Å². The molecule has 0 aromatic heterocycles. The number of halogens is 1. The summed E-state index contributed by atoms with van der Waals surface area (Å²) >= 11 is 0. The Morgan fingerprint density at radius 1 is 1.22 bits per heavy atom. The van der Waals surface area contributed by atoms with Gasteiger partial charge < -0.3 is 19.7 Å². The van der Waals surface area contributed by atoms with Gasteiger partial charge in [-0.3, -0.25) is 4.79 Å². The maximum atomic E-state index is 15.4. The fourth-order valence-corrected chi connectivity index (χ4v) is 8.24. The molecule has 4 aliphatic carbocycles. The number of aliphatic hydroxyl groups excluding tert-OH is 2. The molecule has 0 spiro atoms. The van der Waals surface area contributed by atoms with Gasteiger partial charge in [0.25, 0.3) is 0 Å². The van der Waals surface area contributed by atoms with Crippen molar-refractivity contribution in [1.29, 1.82) is 0 Å². The second kappa shape index (κ2) is 7.72. The van der Waals surface area contributed by atoms with Crippen molar-refractivity contribution in [3.8, 4) is 0 Å². The molecule has 4 fully saturated rings. The van der Waals surface area contributed by atoms with E-state index in [-0.39, 0.29) is 17.8 Å². The first kappa shape index (κ1) is 24.1. The Morgan fingerprint density at radius 2 is 1.91 bits per heavy atom. The van der Waals surface area contributed by atoms with Crippen LogP contribution in [0.4, 0.5) is 4.39 Å². The zero-order valence-corrected chi connectivity index (χ0v) is 20.2. The molecule has 1 saturated heterocycles. The van der Waals surface area contributed by atoms with E-state index in [2.05, 4.69) is 13.0 Å². The first-order chi connectivity index (χ1) is 15.0. The second-order valence-corrected chi connectivity index (χ2v) is 11.0. The fraction of sp³-hybridized carbons (Fsp3) is 0.808. The van der Waals surface area contributed by atoms with Gasteiger partial charge in [-0.2, -0.15) is 0 Å². The lowest BCUT2D eigenvalue weighted by atomic mass is 9.45. The number of ketones is 1. The number of hydrogen-bond acceptors (Lipinski definition) is 5. The van der Waals surface area contributed by atoms with Crippen LogP contribution < -0.4 is 0 Å². The lowest BCUT2D eigenvalue weighted by Crippen LogP contribution is -2.64. The highest BCUT2D eigenvalue weighted by atomic mass is 19.1. The molecular formula is C26H39FO5. The van der Waals surface area contributed by atoms with Gasteiger partial charge in [-0.05, 0) is 62.9 Å². The summed E-state index contributed by atoms with van der Waals surface area (Å²) in [6, 6.07) is 0. The van der Waals surface area contributed by atoms with Crippen molar-refractivity contribution in [2.75, 3.05) is 6.61 Å². The zero-order chi connectivity index (χ0) is 23.7. The third kappa shape index (κ3) is 2.92. The number of ether oxygens (including phenoxy) is 2. The molecule has 0 aromatic carbocycles. The minimum absolute atomic E-state index is 0.0231. The van der Waals surface area contributed by atoms with E-state index in [0.29, 0.717) is 25.7 Å². The molecule has 180 valence electrons. The summed E-state index contributed by atoms with van der Waals surface area (Å²) in [6.45, 7) is 11.0. The van der Waals surface area contributed by atoms with Crippen LogP contribution in [0.3, 0.4) is 0 Å². The smallest absolute Gasteiger partial charge is 0.193 e. The summed E-state index contributed by atoms with van der Waals surface area (Å²) < 4.78 is 27.9. The maximum absolute atomic E-state index is 15.4. The number of aliphatic hydroxyl groups is 2. The molecule has 1 aliphatic heterocycles. The summed E-state index contributed by atoms with van der Waals surface area (Å²) in [5, 5.41) is 21.3. The quantitative estimate of drug-likeness (QED) is 0.662. The summed E-state index contributed by atoms with van der Waals surface area (Å²) in [6.07, 6.45) is 5.65. The maximum Gasteiger partial charge on any atom is 0.193 e. The Kier molecular flexibility index (Phi) is 5.81. The lowest BCUT2D eigenvalue weighted by Gasteiger charge is -2.61. The molecule has 5 rings (SSSR count). The monoisotopic (exact) mass is 450 g/mol. The predicted octanol–water partition coefficient (Wildman–Crippen LogP) is 4.12. The van der Waals surface area contributed by atoms with Crippen LogP contribution >= 0.6 is 0 Å². The minimum Gasteiger partial charge on any atom is -0.393 e. The van der Waals surface area contributed by atoms with Gasteiger partial charge in [0, 0.05) is 10.8 Å². The van der Waals surface area contributed by atoms with E-state index in [9.17, 15) is 15.0 Å². The number of carbonyl (C=O) groups is 1. The molecule has 0 bridgehead atoms. The molecule has 32 heavy (non-hydrogen) atoms. The summed E-state index contributed by atoms with van der Waals surface area (Å²) in [5.74, 6) is -1.52. The van der Waals surface area contributed by atoms with Crippen LogP contribution in [-0.2, 0) is 14.3 Å². The van der Waals surface area contributed by atoms with Crippen LogP contribution in [0.1, 0.15) is 67.2 Å². The number of rotatable bonds is 2. The number of fused-ring (bicyclic) bond motifs is 7. The first-order valence-corrected chi connectivity index (χ1v) is 12.2. The van der Waals surface area contributed by atoms with Crippen molar-refractivity contribution >= 4 is 5.78 Å². The van der Waals surface area contributed by atoms with E-state index < -0.39 is 53.0 Å². The number of Topliss-reactive ketones (excluding diaryl/α,β-unsaturated/α-hetero) is 1. The second-order valence-electron chi connectivity index (χ2n) is 11.0. The Labute approximate surface area is 191 Å². The predicted molar refractivity (Wildman–Crippen MR) is 119 cm³/mol. The fourth-order valence-electron chi connectivity index (χ4n) is 8.24. The molecule has 1 heterocycles. The summed E-state index contributed by atoms with van der Waals surface area (Å²) in [5.41, 5.74) is -1.67. The Balaban J connectivity index is 0.00000119. The van der Waals surface area contributed by atoms with E-state index in [4.69, 9.17) is 9.47 Å². The van der Waals surface area contributed by atoms with Crippen LogP contribution in [0.15, 0.2) is 23.8 Å². The molecule has 0 radical (unpaired) electrons. The summed E-state index contributed by atoms with van der Waals surface area (Å²) in [4.78, 5) is 13.2. The number of allylic oxidation sites excluding steroid dienone is 4. The van der Waals surface area contributed by atoms with Crippen LogP contribution in [0, 0.1) is 28.6 Å². The van der Waals surface area contributed by atoms with Crippen molar-refractivity contribution in [1.82, 2.24) is 0 Å². The average Bonchev–Trinajstić information content (AvgIpc) is 3.14. The molecule has 6 heteroatoms. The van der Waals surface area contributed by atoms with Crippen molar-refractivity contribution in [2.24, 2.45) is 28.6 Å². The van der Waals surface area contributed by atoms with Crippen LogP contribution in [-0.4, -0.2) is 52.4 Å². The number of alkyl halides is 1. The minimum atomic E-state index is -1.31. The molecule has 5 aliphatic rings. The molecule has 9 atom stereocenters. The Bertz CT molecular complexity index is 836. The average molecular weight is 451 g/mol. The molecular weight excluding hydrogens is 411 g/mol. The first-order valence-electron chi connectivity index (χ1n) is 12.2. The topological polar surface area (TPSA) is 76.0 Å². The van der Waals surface area contributed by atoms with Crippen molar-refractivity contribution < 1.29 is 28.9 Å². The van der Waals surface area contributed by atoms with Gasteiger partial charge in [0.15, 0.2) is 17.2 Å². The van der Waals surface area contributed by atoms with Crippen LogP contribution in [0.5, 0.6) is 0 Å². The molecule has 0 aromatic rings. The van der Waals surface area contributed by atoms with Gasteiger partial charge in [0.1, 0.15) is 12.8 Å². The van der Waals surface area contributed by atoms with Gasteiger partial charge in [-0.25, -0.2) is 4.39 Å². The van der Waals surface area contributed by atoms with Crippen molar-refractivity contribution in [2.45, 2.75) is 97.0 Å². The largest absolute Gasteiger partial charge is 0.393 e. The molecule has 3 saturated carbocycles. The zero-order valence-electron chi connectivity index (χ0n) is 20.2. The molecule has 0 amide bonds. The van der Waals surface area contributed by atoms with Crippen LogP contribution in [0.2, 0.25) is 0 Å². The van der Waals surface area contributed by atoms with E-state index in [1.54, 1.807) is 13.8 Å². The van der Waals surface area contributed by atoms with E-state index in [1.807, 2.05) is 32.9 Å². The third-order valence-corrected chi connectivity index (χ3v) is 9.17. The summed E-state index contributed by atoms with van der Waals surface area (Å²) in [7, 11) is 0.